The normalized spacial score (nSPS) is 19.5. The molecule has 4 rings (SSSR count). The van der Waals surface area contributed by atoms with Gasteiger partial charge in [0.25, 0.3) is 0 Å². The third-order valence-electron chi connectivity index (χ3n) is 5.29. The van der Waals surface area contributed by atoms with E-state index in [4.69, 9.17) is 9.26 Å². The molecular formula is C20H27N3O2. The summed E-state index contributed by atoms with van der Waals surface area (Å²) in [6, 6.07) is 11.0. The Balaban J connectivity index is 1.45. The van der Waals surface area contributed by atoms with Gasteiger partial charge >= 0.3 is 0 Å². The van der Waals surface area contributed by atoms with E-state index < -0.39 is 0 Å². The minimum Gasteiger partial charge on any atom is -0.379 e. The van der Waals surface area contributed by atoms with Gasteiger partial charge in [-0.25, -0.2) is 0 Å². The Morgan fingerprint density at radius 3 is 2.72 bits per heavy atom. The van der Waals surface area contributed by atoms with Gasteiger partial charge in [-0.15, -0.1) is 0 Å². The van der Waals surface area contributed by atoms with Crippen LogP contribution in [0.15, 0.2) is 34.9 Å². The number of ether oxygens (including phenoxy) is 1. The average molecular weight is 341 g/mol. The van der Waals surface area contributed by atoms with E-state index in [0.29, 0.717) is 0 Å². The molecule has 0 unspecified atom stereocenters. The summed E-state index contributed by atoms with van der Waals surface area (Å²) in [4.78, 5) is 2.48. The summed E-state index contributed by atoms with van der Waals surface area (Å²) in [5.41, 5.74) is 3.76. The van der Waals surface area contributed by atoms with Crippen LogP contribution in [0.4, 0.5) is 0 Å². The SMILES string of the molecule is c1ccc([C@@H](CN2CCOCC2)NCc2noc3c2CCCC3)cc1. The standard InChI is InChI=1S/C20H27N3O2/c1-2-6-16(7-3-1)19(15-23-10-12-24-13-11-23)21-14-18-17-8-4-5-9-20(17)25-22-18/h1-3,6-7,19,21H,4-5,8-15H2/t19-/m1/s1. The van der Waals surface area contributed by atoms with Gasteiger partial charge in [0, 0.05) is 44.2 Å². The number of morpholine rings is 1. The molecule has 1 saturated heterocycles. The van der Waals surface area contributed by atoms with Gasteiger partial charge in [-0.1, -0.05) is 35.5 Å². The lowest BCUT2D eigenvalue weighted by molar-refractivity contribution is 0.0333. The second-order valence-electron chi connectivity index (χ2n) is 7.00. The van der Waals surface area contributed by atoms with Gasteiger partial charge in [0.05, 0.1) is 13.2 Å². The number of nitrogens with one attached hydrogen (secondary N) is 1. The van der Waals surface area contributed by atoms with Crippen LogP contribution in [0.1, 0.15) is 41.5 Å². The Kier molecular flexibility index (Phi) is 5.45. The molecule has 2 aliphatic rings. The number of hydrogen-bond donors (Lipinski definition) is 1. The molecule has 0 bridgehead atoms. The van der Waals surface area contributed by atoms with Crippen molar-refractivity contribution in [3.8, 4) is 0 Å². The first-order chi connectivity index (χ1) is 12.4. The molecule has 0 spiro atoms. The lowest BCUT2D eigenvalue weighted by Crippen LogP contribution is -2.41. The highest BCUT2D eigenvalue weighted by Crippen LogP contribution is 2.25. The molecule has 1 aromatic carbocycles. The summed E-state index contributed by atoms with van der Waals surface area (Å²) in [6.45, 7) is 5.43. The zero-order valence-electron chi connectivity index (χ0n) is 14.7. The molecule has 0 amide bonds. The number of nitrogens with zero attached hydrogens (tertiary/aromatic N) is 2. The van der Waals surface area contributed by atoms with Gasteiger partial charge < -0.3 is 14.6 Å². The number of fused-ring (bicyclic) bond motifs is 1. The van der Waals surface area contributed by atoms with E-state index in [1.165, 1.54) is 24.0 Å². The fourth-order valence-corrected chi connectivity index (χ4v) is 3.82. The van der Waals surface area contributed by atoms with E-state index in [0.717, 1.165) is 63.7 Å². The van der Waals surface area contributed by atoms with Crippen LogP contribution < -0.4 is 5.32 Å². The molecule has 25 heavy (non-hydrogen) atoms. The maximum absolute atomic E-state index is 5.56. The van der Waals surface area contributed by atoms with Crippen molar-refractivity contribution >= 4 is 0 Å². The molecule has 1 aliphatic heterocycles. The molecule has 2 aromatic rings. The first-order valence-corrected chi connectivity index (χ1v) is 9.45. The molecule has 134 valence electrons. The summed E-state index contributed by atoms with van der Waals surface area (Å²) in [5.74, 6) is 1.10. The molecule has 1 aliphatic carbocycles. The zero-order chi connectivity index (χ0) is 16.9. The zero-order valence-corrected chi connectivity index (χ0v) is 14.7. The van der Waals surface area contributed by atoms with E-state index in [1.807, 2.05) is 0 Å². The monoisotopic (exact) mass is 341 g/mol. The first kappa shape index (κ1) is 16.8. The third kappa shape index (κ3) is 4.11. The number of rotatable bonds is 6. The summed E-state index contributed by atoms with van der Waals surface area (Å²) >= 11 is 0. The summed E-state index contributed by atoms with van der Waals surface area (Å²) in [7, 11) is 0. The minimum atomic E-state index is 0.287. The maximum Gasteiger partial charge on any atom is 0.140 e. The van der Waals surface area contributed by atoms with Gasteiger partial charge in [0.2, 0.25) is 0 Å². The third-order valence-corrected chi connectivity index (χ3v) is 5.29. The number of benzene rings is 1. The molecule has 1 N–H and O–H groups in total. The van der Waals surface area contributed by atoms with Crippen LogP contribution in [-0.2, 0) is 24.1 Å². The predicted octanol–water partition coefficient (Wildman–Crippen LogP) is 2.72. The molecular weight excluding hydrogens is 314 g/mol. The molecule has 1 fully saturated rings. The summed E-state index contributed by atoms with van der Waals surface area (Å²) in [6.07, 6.45) is 4.61. The Labute approximate surface area is 149 Å². The van der Waals surface area contributed by atoms with Crippen molar-refractivity contribution in [2.75, 3.05) is 32.8 Å². The molecule has 1 atom stereocenters. The van der Waals surface area contributed by atoms with Crippen LogP contribution in [0, 0.1) is 0 Å². The predicted molar refractivity (Wildman–Crippen MR) is 96.4 cm³/mol. The van der Waals surface area contributed by atoms with Gasteiger partial charge in [-0.05, 0) is 24.8 Å². The van der Waals surface area contributed by atoms with Crippen LogP contribution in [0.3, 0.4) is 0 Å². The highest BCUT2D eigenvalue weighted by Gasteiger charge is 2.22. The van der Waals surface area contributed by atoms with Gasteiger partial charge in [0.15, 0.2) is 0 Å². The van der Waals surface area contributed by atoms with Crippen LogP contribution in [0.25, 0.3) is 0 Å². The van der Waals surface area contributed by atoms with Crippen LogP contribution >= 0.6 is 0 Å². The van der Waals surface area contributed by atoms with E-state index in [9.17, 15) is 0 Å². The van der Waals surface area contributed by atoms with E-state index >= 15 is 0 Å². The number of aromatic nitrogens is 1. The number of hydrogen-bond acceptors (Lipinski definition) is 5. The summed E-state index contributed by atoms with van der Waals surface area (Å²) in [5, 5.41) is 8.07. The minimum absolute atomic E-state index is 0.287. The van der Waals surface area contributed by atoms with Crippen molar-refractivity contribution in [2.45, 2.75) is 38.3 Å². The highest BCUT2D eigenvalue weighted by atomic mass is 16.5. The van der Waals surface area contributed by atoms with Gasteiger partial charge in [0.1, 0.15) is 11.5 Å². The lowest BCUT2D eigenvalue weighted by Gasteiger charge is -2.31. The van der Waals surface area contributed by atoms with Crippen molar-refractivity contribution < 1.29 is 9.26 Å². The smallest absolute Gasteiger partial charge is 0.140 e. The molecule has 0 radical (unpaired) electrons. The molecule has 2 heterocycles. The molecule has 5 nitrogen and oxygen atoms in total. The quantitative estimate of drug-likeness (QED) is 0.875. The van der Waals surface area contributed by atoms with Crippen LogP contribution in [0.2, 0.25) is 0 Å². The van der Waals surface area contributed by atoms with Gasteiger partial charge in [-0.3, -0.25) is 4.90 Å². The molecule has 1 aromatic heterocycles. The second-order valence-corrected chi connectivity index (χ2v) is 7.00. The average Bonchev–Trinajstić information content (AvgIpc) is 3.10. The van der Waals surface area contributed by atoms with E-state index in [1.54, 1.807) is 0 Å². The largest absolute Gasteiger partial charge is 0.379 e. The van der Waals surface area contributed by atoms with Crippen molar-refractivity contribution in [1.29, 1.82) is 0 Å². The first-order valence-electron chi connectivity index (χ1n) is 9.45. The fourth-order valence-electron chi connectivity index (χ4n) is 3.82. The Hall–Kier alpha value is -1.69. The Morgan fingerprint density at radius 2 is 1.88 bits per heavy atom. The summed E-state index contributed by atoms with van der Waals surface area (Å²) < 4.78 is 11.0. The van der Waals surface area contributed by atoms with Crippen LogP contribution in [0.5, 0.6) is 0 Å². The molecule has 0 saturated carbocycles. The Bertz CT molecular complexity index is 665. The van der Waals surface area contributed by atoms with Crippen molar-refractivity contribution in [3.05, 3.63) is 52.9 Å². The molecule has 5 heteroatoms. The van der Waals surface area contributed by atoms with Crippen molar-refractivity contribution in [2.24, 2.45) is 0 Å². The van der Waals surface area contributed by atoms with E-state index in [-0.39, 0.29) is 6.04 Å². The van der Waals surface area contributed by atoms with Crippen LogP contribution in [-0.4, -0.2) is 42.9 Å². The fraction of sp³-hybridized carbons (Fsp3) is 0.550. The van der Waals surface area contributed by atoms with Crippen molar-refractivity contribution in [3.63, 3.8) is 0 Å². The van der Waals surface area contributed by atoms with Gasteiger partial charge in [-0.2, -0.15) is 0 Å². The Morgan fingerprint density at radius 1 is 1.08 bits per heavy atom. The maximum atomic E-state index is 5.56. The second kappa shape index (κ2) is 8.13. The lowest BCUT2D eigenvalue weighted by atomic mass is 9.96. The van der Waals surface area contributed by atoms with Crippen molar-refractivity contribution in [1.82, 2.24) is 15.4 Å². The highest BCUT2D eigenvalue weighted by molar-refractivity contribution is 5.26. The topological polar surface area (TPSA) is 50.5 Å². The van der Waals surface area contributed by atoms with E-state index in [2.05, 4.69) is 45.7 Å². The number of aryl methyl sites for hydroxylation is 1.